The summed E-state index contributed by atoms with van der Waals surface area (Å²) in [5.74, 6) is 0. The highest BCUT2D eigenvalue weighted by molar-refractivity contribution is 5.48. The Kier molecular flexibility index (Phi) is 3.22. The number of rotatable bonds is 2. The van der Waals surface area contributed by atoms with Crippen molar-refractivity contribution in [2.45, 2.75) is 38.5 Å². The third kappa shape index (κ3) is 2.10. The largest absolute Gasteiger partial charge is 0.390 e. The molecule has 4 heteroatoms. The molecule has 3 rings (SSSR count). The Balaban J connectivity index is 1.81. The summed E-state index contributed by atoms with van der Waals surface area (Å²) in [7, 11) is 0. The lowest BCUT2D eigenvalue weighted by molar-refractivity contribution is 0.203. The number of aromatic nitrogens is 1. The second kappa shape index (κ2) is 4.86. The standard InChI is InChI=1S/C14H21N3O/c1-11-8-16-6-2-3-14(16)9-17(11)13-4-5-15-12(7-13)10-18/h4-5,7,11,14,18H,2-3,6,8-10H2,1H3. The normalized spacial score (nSPS) is 28.4. The van der Waals surface area contributed by atoms with Crippen LogP contribution >= 0.6 is 0 Å². The van der Waals surface area contributed by atoms with Crippen LogP contribution < -0.4 is 4.90 Å². The van der Waals surface area contributed by atoms with Crippen LogP contribution in [0.15, 0.2) is 18.3 Å². The third-order valence-corrected chi connectivity index (χ3v) is 4.23. The van der Waals surface area contributed by atoms with Crippen LogP contribution in [0.3, 0.4) is 0 Å². The van der Waals surface area contributed by atoms with Crippen LogP contribution in [0.2, 0.25) is 0 Å². The molecule has 0 radical (unpaired) electrons. The summed E-state index contributed by atoms with van der Waals surface area (Å²) in [5.41, 5.74) is 1.96. The number of aliphatic hydroxyl groups excluding tert-OH is 1. The number of pyridine rings is 1. The first-order valence-electron chi connectivity index (χ1n) is 6.84. The summed E-state index contributed by atoms with van der Waals surface area (Å²) in [6, 6.07) is 5.32. The van der Waals surface area contributed by atoms with E-state index < -0.39 is 0 Å². The number of hydrogen-bond donors (Lipinski definition) is 1. The summed E-state index contributed by atoms with van der Waals surface area (Å²) >= 11 is 0. The van der Waals surface area contributed by atoms with E-state index in [2.05, 4.69) is 27.8 Å². The van der Waals surface area contributed by atoms with Crippen LogP contribution in [-0.2, 0) is 6.61 Å². The predicted molar refractivity (Wildman–Crippen MR) is 71.6 cm³/mol. The zero-order valence-corrected chi connectivity index (χ0v) is 10.9. The SMILES string of the molecule is CC1CN2CCCC2CN1c1ccnc(CO)c1. The molecule has 2 aliphatic heterocycles. The van der Waals surface area contributed by atoms with E-state index in [1.165, 1.54) is 25.1 Å². The summed E-state index contributed by atoms with van der Waals surface area (Å²) in [6.07, 6.45) is 4.46. The second-order valence-corrected chi connectivity index (χ2v) is 5.46. The summed E-state index contributed by atoms with van der Waals surface area (Å²) < 4.78 is 0. The average Bonchev–Trinajstić information content (AvgIpc) is 2.85. The van der Waals surface area contributed by atoms with Crippen molar-refractivity contribution in [1.29, 1.82) is 0 Å². The van der Waals surface area contributed by atoms with Gasteiger partial charge in [0, 0.05) is 37.1 Å². The van der Waals surface area contributed by atoms with Gasteiger partial charge in [-0.2, -0.15) is 0 Å². The van der Waals surface area contributed by atoms with E-state index >= 15 is 0 Å². The minimum absolute atomic E-state index is 0.0195. The van der Waals surface area contributed by atoms with Crippen LogP contribution in [0.5, 0.6) is 0 Å². The fraction of sp³-hybridized carbons (Fsp3) is 0.643. The van der Waals surface area contributed by atoms with Gasteiger partial charge in [0.1, 0.15) is 0 Å². The van der Waals surface area contributed by atoms with Gasteiger partial charge in [0.25, 0.3) is 0 Å². The van der Waals surface area contributed by atoms with Crippen molar-refractivity contribution in [2.24, 2.45) is 0 Å². The molecular weight excluding hydrogens is 226 g/mol. The van der Waals surface area contributed by atoms with E-state index in [-0.39, 0.29) is 6.61 Å². The Morgan fingerprint density at radius 1 is 1.44 bits per heavy atom. The first kappa shape index (κ1) is 11.9. The summed E-state index contributed by atoms with van der Waals surface area (Å²) in [4.78, 5) is 9.24. The van der Waals surface area contributed by atoms with Crippen molar-refractivity contribution in [2.75, 3.05) is 24.5 Å². The molecule has 0 amide bonds. The van der Waals surface area contributed by atoms with Crippen LogP contribution in [0.1, 0.15) is 25.5 Å². The van der Waals surface area contributed by atoms with Gasteiger partial charge in [-0.1, -0.05) is 0 Å². The van der Waals surface area contributed by atoms with Crippen LogP contribution in [0, 0.1) is 0 Å². The van der Waals surface area contributed by atoms with Gasteiger partial charge in [0.15, 0.2) is 0 Å². The monoisotopic (exact) mass is 247 g/mol. The average molecular weight is 247 g/mol. The summed E-state index contributed by atoms with van der Waals surface area (Å²) in [6.45, 7) is 5.83. The van der Waals surface area contributed by atoms with Gasteiger partial charge in [-0.15, -0.1) is 0 Å². The fourth-order valence-corrected chi connectivity index (χ4v) is 3.28. The number of aliphatic hydroxyl groups is 1. The molecule has 0 spiro atoms. The highest BCUT2D eigenvalue weighted by Crippen LogP contribution is 2.28. The molecule has 1 aromatic heterocycles. The highest BCUT2D eigenvalue weighted by atomic mass is 16.3. The van der Waals surface area contributed by atoms with Crippen LogP contribution in [0.25, 0.3) is 0 Å². The van der Waals surface area contributed by atoms with Crippen molar-refractivity contribution >= 4 is 5.69 Å². The zero-order valence-electron chi connectivity index (χ0n) is 10.9. The van der Waals surface area contributed by atoms with Crippen LogP contribution in [0.4, 0.5) is 5.69 Å². The number of hydrogen-bond acceptors (Lipinski definition) is 4. The van der Waals surface area contributed by atoms with Crippen molar-refractivity contribution in [3.05, 3.63) is 24.0 Å². The topological polar surface area (TPSA) is 39.6 Å². The molecule has 2 saturated heterocycles. The number of piperazine rings is 1. The van der Waals surface area contributed by atoms with Crippen molar-refractivity contribution in [3.63, 3.8) is 0 Å². The Bertz CT molecular complexity index is 423. The van der Waals surface area contributed by atoms with E-state index in [9.17, 15) is 5.11 Å². The van der Waals surface area contributed by atoms with Gasteiger partial charge in [-0.3, -0.25) is 9.88 Å². The molecule has 98 valence electrons. The van der Waals surface area contributed by atoms with Crippen molar-refractivity contribution < 1.29 is 5.11 Å². The van der Waals surface area contributed by atoms with Crippen molar-refractivity contribution in [1.82, 2.24) is 9.88 Å². The number of fused-ring (bicyclic) bond motifs is 1. The molecule has 3 heterocycles. The molecule has 4 nitrogen and oxygen atoms in total. The predicted octanol–water partition coefficient (Wildman–Crippen LogP) is 1.25. The van der Waals surface area contributed by atoms with E-state index in [0.717, 1.165) is 18.8 Å². The maximum Gasteiger partial charge on any atom is 0.0853 e. The molecule has 0 aliphatic carbocycles. The molecule has 1 N–H and O–H groups in total. The molecule has 18 heavy (non-hydrogen) atoms. The smallest absolute Gasteiger partial charge is 0.0853 e. The maximum absolute atomic E-state index is 9.19. The quantitative estimate of drug-likeness (QED) is 0.853. The molecule has 0 bridgehead atoms. The van der Waals surface area contributed by atoms with E-state index in [1.807, 2.05) is 6.07 Å². The Morgan fingerprint density at radius 3 is 3.17 bits per heavy atom. The first-order chi connectivity index (χ1) is 8.78. The van der Waals surface area contributed by atoms with Gasteiger partial charge >= 0.3 is 0 Å². The van der Waals surface area contributed by atoms with E-state index in [4.69, 9.17) is 0 Å². The number of anilines is 1. The van der Waals surface area contributed by atoms with E-state index in [0.29, 0.717) is 12.1 Å². The van der Waals surface area contributed by atoms with Crippen LogP contribution in [-0.4, -0.2) is 46.7 Å². The minimum Gasteiger partial charge on any atom is -0.390 e. The molecule has 2 atom stereocenters. The van der Waals surface area contributed by atoms with Gasteiger partial charge < -0.3 is 10.0 Å². The highest BCUT2D eigenvalue weighted by Gasteiger charge is 2.34. The van der Waals surface area contributed by atoms with Gasteiger partial charge in [-0.05, 0) is 38.4 Å². The lowest BCUT2D eigenvalue weighted by Crippen LogP contribution is -2.55. The maximum atomic E-state index is 9.19. The molecule has 2 aliphatic rings. The van der Waals surface area contributed by atoms with Gasteiger partial charge in [-0.25, -0.2) is 0 Å². The van der Waals surface area contributed by atoms with E-state index in [1.54, 1.807) is 6.20 Å². The number of nitrogens with zero attached hydrogens (tertiary/aromatic N) is 3. The Morgan fingerprint density at radius 2 is 2.33 bits per heavy atom. The molecule has 0 aromatic carbocycles. The van der Waals surface area contributed by atoms with Gasteiger partial charge in [0.2, 0.25) is 0 Å². The zero-order chi connectivity index (χ0) is 12.5. The third-order valence-electron chi connectivity index (χ3n) is 4.23. The lowest BCUT2D eigenvalue weighted by Gasteiger charge is -2.43. The molecular formula is C14H21N3O. The Hall–Kier alpha value is -1.13. The molecule has 0 saturated carbocycles. The first-order valence-corrected chi connectivity index (χ1v) is 6.84. The molecule has 2 fully saturated rings. The van der Waals surface area contributed by atoms with Gasteiger partial charge in [0.05, 0.1) is 12.3 Å². The fourth-order valence-electron chi connectivity index (χ4n) is 3.28. The Labute approximate surface area is 108 Å². The lowest BCUT2D eigenvalue weighted by atomic mass is 10.1. The minimum atomic E-state index is 0.0195. The van der Waals surface area contributed by atoms with Crippen molar-refractivity contribution in [3.8, 4) is 0 Å². The summed E-state index contributed by atoms with van der Waals surface area (Å²) in [5, 5.41) is 9.19. The second-order valence-electron chi connectivity index (χ2n) is 5.46. The molecule has 2 unspecified atom stereocenters. The molecule has 1 aromatic rings.